The largest absolute Gasteiger partial charge is 0.298 e. The van der Waals surface area contributed by atoms with E-state index >= 15 is 0 Å². The van der Waals surface area contributed by atoms with Crippen molar-refractivity contribution in [1.29, 1.82) is 0 Å². The van der Waals surface area contributed by atoms with Crippen LogP contribution >= 0.6 is 0 Å². The Morgan fingerprint density at radius 3 is 2.39 bits per heavy atom. The molecule has 3 rings (SSSR count). The third-order valence-electron chi connectivity index (χ3n) is 5.65. The molecule has 0 spiro atoms. The van der Waals surface area contributed by atoms with Crippen molar-refractivity contribution >= 4 is 0 Å². The van der Waals surface area contributed by atoms with E-state index in [4.69, 9.17) is 0 Å². The minimum Gasteiger partial charge on any atom is -0.298 e. The summed E-state index contributed by atoms with van der Waals surface area (Å²) >= 11 is 0. The molecule has 18 heavy (non-hydrogen) atoms. The number of hydrogen-bond acceptors (Lipinski definition) is 2. The second kappa shape index (κ2) is 5.92. The molecule has 0 amide bonds. The van der Waals surface area contributed by atoms with Crippen LogP contribution in [-0.4, -0.2) is 48.1 Å². The normalized spacial score (nSPS) is 38.8. The van der Waals surface area contributed by atoms with Gasteiger partial charge in [-0.3, -0.25) is 9.80 Å². The molecule has 0 N–H and O–H groups in total. The number of hydrogen-bond donors (Lipinski definition) is 0. The molecule has 0 bridgehead atoms. The van der Waals surface area contributed by atoms with Gasteiger partial charge in [-0.25, -0.2) is 0 Å². The molecule has 1 aliphatic carbocycles. The highest BCUT2D eigenvalue weighted by molar-refractivity contribution is 4.90. The summed E-state index contributed by atoms with van der Waals surface area (Å²) in [4.78, 5) is 5.58. The summed E-state index contributed by atoms with van der Waals surface area (Å²) < 4.78 is 0. The molecule has 0 aromatic rings. The maximum atomic E-state index is 2.84. The fraction of sp³-hybridized carbons (Fsp3) is 1.00. The standard InChI is InChI=1S/C16H30N2/c1-2-4-14-6-8-15(9-7-14)18-12-11-17-10-3-5-16(17)13-18/h14-16H,2-13H2,1H3. The first-order valence-corrected chi connectivity index (χ1v) is 8.35. The molecule has 3 fully saturated rings. The Balaban J connectivity index is 1.48. The monoisotopic (exact) mass is 250 g/mol. The van der Waals surface area contributed by atoms with Gasteiger partial charge in [0.25, 0.3) is 0 Å². The van der Waals surface area contributed by atoms with Crippen molar-refractivity contribution in [2.24, 2.45) is 5.92 Å². The summed E-state index contributed by atoms with van der Waals surface area (Å²) in [5, 5.41) is 0. The van der Waals surface area contributed by atoms with Crippen LogP contribution in [0.3, 0.4) is 0 Å². The van der Waals surface area contributed by atoms with Gasteiger partial charge in [0.2, 0.25) is 0 Å². The van der Waals surface area contributed by atoms with Crippen LogP contribution in [0.25, 0.3) is 0 Å². The van der Waals surface area contributed by atoms with Gasteiger partial charge in [0.15, 0.2) is 0 Å². The van der Waals surface area contributed by atoms with Crippen LogP contribution < -0.4 is 0 Å². The molecular formula is C16H30N2. The minimum atomic E-state index is 0.909. The summed E-state index contributed by atoms with van der Waals surface area (Å²) in [5.74, 6) is 1.05. The molecule has 0 radical (unpaired) electrons. The van der Waals surface area contributed by atoms with Gasteiger partial charge in [-0.1, -0.05) is 19.8 Å². The third-order valence-corrected chi connectivity index (χ3v) is 5.65. The smallest absolute Gasteiger partial charge is 0.0224 e. The Morgan fingerprint density at radius 2 is 1.61 bits per heavy atom. The zero-order chi connectivity index (χ0) is 12.4. The Morgan fingerprint density at radius 1 is 0.833 bits per heavy atom. The molecule has 2 nitrogen and oxygen atoms in total. The summed E-state index contributed by atoms with van der Waals surface area (Å²) in [5.41, 5.74) is 0. The lowest BCUT2D eigenvalue weighted by Crippen LogP contribution is -2.54. The minimum absolute atomic E-state index is 0.909. The van der Waals surface area contributed by atoms with E-state index in [1.165, 1.54) is 77.5 Å². The molecular weight excluding hydrogens is 220 g/mol. The summed E-state index contributed by atoms with van der Waals surface area (Å²) in [7, 11) is 0. The summed E-state index contributed by atoms with van der Waals surface area (Å²) in [6.07, 6.45) is 11.7. The fourth-order valence-electron chi connectivity index (χ4n) is 4.55. The van der Waals surface area contributed by atoms with Gasteiger partial charge in [0, 0.05) is 31.7 Å². The zero-order valence-corrected chi connectivity index (χ0v) is 12.1. The summed E-state index contributed by atoms with van der Waals surface area (Å²) in [6, 6.07) is 1.84. The van der Waals surface area contributed by atoms with E-state index in [0.717, 1.165) is 18.0 Å². The first-order valence-electron chi connectivity index (χ1n) is 8.35. The second-order valence-corrected chi connectivity index (χ2v) is 6.79. The van der Waals surface area contributed by atoms with Crippen LogP contribution in [-0.2, 0) is 0 Å². The van der Waals surface area contributed by atoms with Crippen molar-refractivity contribution in [2.45, 2.75) is 70.4 Å². The highest BCUT2D eigenvalue weighted by Crippen LogP contribution is 2.32. The van der Waals surface area contributed by atoms with E-state index in [1.54, 1.807) is 0 Å². The van der Waals surface area contributed by atoms with E-state index in [0.29, 0.717) is 0 Å². The van der Waals surface area contributed by atoms with Crippen molar-refractivity contribution in [3.8, 4) is 0 Å². The molecule has 0 aromatic carbocycles. The van der Waals surface area contributed by atoms with Gasteiger partial charge in [0.1, 0.15) is 0 Å². The molecule has 104 valence electrons. The van der Waals surface area contributed by atoms with E-state index in [1.807, 2.05) is 0 Å². The topological polar surface area (TPSA) is 6.48 Å². The van der Waals surface area contributed by atoms with E-state index in [9.17, 15) is 0 Å². The molecule has 0 aromatic heterocycles. The summed E-state index contributed by atoms with van der Waals surface area (Å²) in [6.45, 7) is 7.79. The molecule has 2 heteroatoms. The lowest BCUT2D eigenvalue weighted by atomic mass is 9.82. The van der Waals surface area contributed by atoms with Crippen LogP contribution in [0.1, 0.15) is 58.3 Å². The Bertz CT molecular complexity index is 258. The number of piperazine rings is 1. The first-order chi connectivity index (χ1) is 8.86. The number of nitrogens with zero attached hydrogens (tertiary/aromatic N) is 2. The predicted molar refractivity (Wildman–Crippen MR) is 76.8 cm³/mol. The van der Waals surface area contributed by atoms with Gasteiger partial charge in [-0.2, -0.15) is 0 Å². The molecule has 1 saturated carbocycles. The average Bonchev–Trinajstić information content (AvgIpc) is 2.87. The maximum absolute atomic E-state index is 2.84. The van der Waals surface area contributed by atoms with Crippen LogP contribution in [0, 0.1) is 5.92 Å². The van der Waals surface area contributed by atoms with Crippen molar-refractivity contribution in [2.75, 3.05) is 26.2 Å². The van der Waals surface area contributed by atoms with Crippen LogP contribution in [0.5, 0.6) is 0 Å². The Labute approximate surface area is 113 Å². The van der Waals surface area contributed by atoms with Gasteiger partial charge in [-0.05, 0) is 51.0 Å². The first kappa shape index (κ1) is 12.9. The third kappa shape index (κ3) is 2.75. The van der Waals surface area contributed by atoms with Gasteiger partial charge >= 0.3 is 0 Å². The van der Waals surface area contributed by atoms with Gasteiger partial charge in [-0.15, -0.1) is 0 Å². The van der Waals surface area contributed by atoms with Crippen molar-refractivity contribution < 1.29 is 0 Å². The average molecular weight is 250 g/mol. The van der Waals surface area contributed by atoms with E-state index in [-0.39, 0.29) is 0 Å². The quantitative estimate of drug-likeness (QED) is 0.759. The lowest BCUT2D eigenvalue weighted by molar-refractivity contribution is 0.0498. The maximum Gasteiger partial charge on any atom is 0.0224 e. The molecule has 2 heterocycles. The molecule has 3 aliphatic rings. The predicted octanol–water partition coefficient (Wildman–Crippen LogP) is 3.13. The van der Waals surface area contributed by atoms with E-state index < -0.39 is 0 Å². The molecule has 1 unspecified atom stereocenters. The Hall–Kier alpha value is -0.0800. The molecule has 2 aliphatic heterocycles. The second-order valence-electron chi connectivity index (χ2n) is 6.79. The number of fused-ring (bicyclic) bond motifs is 1. The van der Waals surface area contributed by atoms with Gasteiger partial charge in [0.05, 0.1) is 0 Å². The number of rotatable bonds is 3. The SMILES string of the molecule is CCCC1CCC(N2CCN3CCCC3C2)CC1. The molecule has 1 atom stereocenters. The fourth-order valence-corrected chi connectivity index (χ4v) is 4.55. The van der Waals surface area contributed by atoms with E-state index in [2.05, 4.69) is 16.7 Å². The van der Waals surface area contributed by atoms with Gasteiger partial charge < -0.3 is 0 Å². The van der Waals surface area contributed by atoms with Crippen LogP contribution in [0.2, 0.25) is 0 Å². The van der Waals surface area contributed by atoms with Crippen molar-refractivity contribution in [1.82, 2.24) is 9.80 Å². The molecule has 2 saturated heterocycles. The van der Waals surface area contributed by atoms with Crippen molar-refractivity contribution in [3.63, 3.8) is 0 Å². The highest BCUT2D eigenvalue weighted by Gasteiger charge is 2.34. The lowest BCUT2D eigenvalue weighted by Gasteiger charge is -2.44. The van der Waals surface area contributed by atoms with Crippen LogP contribution in [0.15, 0.2) is 0 Å². The highest BCUT2D eigenvalue weighted by atomic mass is 15.3. The van der Waals surface area contributed by atoms with Crippen LogP contribution in [0.4, 0.5) is 0 Å². The zero-order valence-electron chi connectivity index (χ0n) is 12.1. The van der Waals surface area contributed by atoms with Crippen molar-refractivity contribution in [3.05, 3.63) is 0 Å². The Kier molecular flexibility index (Phi) is 4.25.